The van der Waals surface area contributed by atoms with E-state index in [9.17, 15) is 14.0 Å². The van der Waals surface area contributed by atoms with Crippen LogP contribution in [0.1, 0.15) is 37.0 Å². The molecule has 2 aromatic carbocycles. The normalized spacial score (nSPS) is 10.5. The lowest BCUT2D eigenvalue weighted by Crippen LogP contribution is -2.31. The predicted octanol–water partition coefficient (Wildman–Crippen LogP) is 3.76. The number of halogens is 1. The summed E-state index contributed by atoms with van der Waals surface area (Å²) in [6, 6.07) is 12.7. The van der Waals surface area contributed by atoms with E-state index < -0.39 is 0 Å². The third kappa shape index (κ3) is 6.20. The molecule has 0 atom stereocenters. The zero-order valence-electron chi connectivity index (χ0n) is 14.9. The van der Waals surface area contributed by atoms with Crippen molar-refractivity contribution < 1.29 is 18.7 Å². The van der Waals surface area contributed by atoms with Crippen molar-refractivity contribution in [3.05, 3.63) is 59.9 Å². The lowest BCUT2D eigenvalue weighted by molar-refractivity contribution is -0.116. The number of ether oxygens (including phenoxy) is 1. The van der Waals surface area contributed by atoms with Gasteiger partial charge in [-0.1, -0.05) is 18.2 Å². The fourth-order valence-electron chi connectivity index (χ4n) is 2.32. The Bertz CT molecular complexity index is 762. The number of rotatable bonds is 8. The number of amides is 2. The maximum atomic E-state index is 13.1. The number of anilines is 1. The maximum absolute atomic E-state index is 13.1. The average Bonchev–Trinajstić information content (AvgIpc) is 2.58. The van der Waals surface area contributed by atoms with Crippen LogP contribution in [0.25, 0.3) is 0 Å². The summed E-state index contributed by atoms with van der Waals surface area (Å²) in [6.45, 7) is 4.04. The number of para-hydroxylation sites is 1. The molecule has 0 saturated carbocycles. The molecule has 0 radical (unpaired) electrons. The van der Waals surface area contributed by atoms with Gasteiger partial charge in [-0.05, 0) is 44.5 Å². The molecule has 2 amide bonds. The van der Waals surface area contributed by atoms with Crippen LogP contribution in [-0.2, 0) is 4.79 Å². The summed E-state index contributed by atoms with van der Waals surface area (Å²) in [5.41, 5.74) is 0.896. The van der Waals surface area contributed by atoms with Gasteiger partial charge in [0.1, 0.15) is 11.6 Å². The smallest absolute Gasteiger partial charge is 0.253 e. The molecule has 0 aliphatic rings. The zero-order valence-corrected chi connectivity index (χ0v) is 14.9. The first kappa shape index (κ1) is 19.4. The van der Waals surface area contributed by atoms with E-state index in [1.165, 1.54) is 12.1 Å². The molecule has 0 aliphatic heterocycles. The standard InChI is InChI=1S/C20H23FN2O3/c1-14(2)22-20(25)17-9-3-4-10-18(17)23-19(24)11-6-12-26-16-8-5-7-15(21)13-16/h3-5,7-10,13-14H,6,11-12H2,1-2H3,(H,22,25)(H,23,24). The van der Waals surface area contributed by atoms with Gasteiger partial charge in [-0.25, -0.2) is 4.39 Å². The van der Waals surface area contributed by atoms with Crippen LogP contribution in [0, 0.1) is 5.82 Å². The first-order chi connectivity index (χ1) is 12.5. The minimum atomic E-state index is -0.364. The summed E-state index contributed by atoms with van der Waals surface area (Å²) in [4.78, 5) is 24.3. The summed E-state index contributed by atoms with van der Waals surface area (Å²) in [6.07, 6.45) is 0.707. The van der Waals surface area contributed by atoms with E-state index in [1.807, 2.05) is 13.8 Å². The molecule has 0 spiro atoms. The van der Waals surface area contributed by atoms with Crippen molar-refractivity contribution in [3.63, 3.8) is 0 Å². The maximum Gasteiger partial charge on any atom is 0.253 e. The first-order valence-electron chi connectivity index (χ1n) is 8.54. The van der Waals surface area contributed by atoms with E-state index in [2.05, 4.69) is 10.6 Å². The molecular formula is C20H23FN2O3. The van der Waals surface area contributed by atoms with Gasteiger partial charge in [0, 0.05) is 18.5 Å². The van der Waals surface area contributed by atoms with Gasteiger partial charge >= 0.3 is 0 Å². The number of carbonyl (C=O) groups excluding carboxylic acids is 2. The Morgan fingerprint density at radius 2 is 1.88 bits per heavy atom. The fourth-order valence-corrected chi connectivity index (χ4v) is 2.32. The van der Waals surface area contributed by atoms with Crippen LogP contribution in [0.3, 0.4) is 0 Å². The molecule has 138 valence electrons. The second-order valence-corrected chi connectivity index (χ2v) is 6.13. The molecule has 0 aromatic heterocycles. The summed E-state index contributed by atoms with van der Waals surface area (Å²) in [7, 11) is 0. The Morgan fingerprint density at radius 1 is 1.12 bits per heavy atom. The lowest BCUT2D eigenvalue weighted by Gasteiger charge is -2.13. The lowest BCUT2D eigenvalue weighted by atomic mass is 10.1. The quantitative estimate of drug-likeness (QED) is 0.706. The molecular weight excluding hydrogens is 335 g/mol. The van der Waals surface area contributed by atoms with Crippen molar-refractivity contribution in [3.8, 4) is 5.75 Å². The number of carbonyl (C=O) groups is 2. The summed E-state index contributed by atoms with van der Waals surface area (Å²) < 4.78 is 18.5. The van der Waals surface area contributed by atoms with Crippen molar-refractivity contribution in [1.29, 1.82) is 0 Å². The van der Waals surface area contributed by atoms with Crippen molar-refractivity contribution in [2.75, 3.05) is 11.9 Å². The van der Waals surface area contributed by atoms with Gasteiger partial charge in [0.25, 0.3) is 5.91 Å². The van der Waals surface area contributed by atoms with Crippen LogP contribution in [0.15, 0.2) is 48.5 Å². The fraction of sp³-hybridized carbons (Fsp3) is 0.300. The molecule has 0 saturated heterocycles. The monoisotopic (exact) mass is 358 g/mol. The van der Waals surface area contributed by atoms with Gasteiger partial charge in [0.2, 0.25) is 5.91 Å². The summed E-state index contributed by atoms with van der Waals surface area (Å²) in [5.74, 6) is -0.374. The molecule has 26 heavy (non-hydrogen) atoms. The number of nitrogens with one attached hydrogen (secondary N) is 2. The Labute approximate surface area is 152 Å². The van der Waals surface area contributed by atoms with E-state index in [4.69, 9.17) is 4.74 Å². The van der Waals surface area contributed by atoms with Crippen molar-refractivity contribution >= 4 is 17.5 Å². The van der Waals surface area contributed by atoms with Crippen LogP contribution in [0.5, 0.6) is 5.75 Å². The Morgan fingerprint density at radius 3 is 2.62 bits per heavy atom. The first-order valence-corrected chi connectivity index (χ1v) is 8.54. The molecule has 0 fully saturated rings. The van der Waals surface area contributed by atoms with Gasteiger partial charge in [-0.2, -0.15) is 0 Å². The molecule has 5 nitrogen and oxygen atoms in total. The molecule has 6 heteroatoms. The van der Waals surface area contributed by atoms with Crippen molar-refractivity contribution in [2.24, 2.45) is 0 Å². The second-order valence-electron chi connectivity index (χ2n) is 6.13. The summed E-state index contributed by atoms with van der Waals surface area (Å²) in [5, 5.41) is 5.56. The molecule has 2 N–H and O–H groups in total. The molecule has 0 aliphatic carbocycles. The minimum Gasteiger partial charge on any atom is -0.493 e. The van der Waals surface area contributed by atoms with E-state index >= 15 is 0 Å². The topological polar surface area (TPSA) is 67.4 Å². The van der Waals surface area contributed by atoms with Crippen LogP contribution < -0.4 is 15.4 Å². The van der Waals surface area contributed by atoms with Gasteiger partial charge in [-0.3, -0.25) is 9.59 Å². The summed E-state index contributed by atoms with van der Waals surface area (Å²) >= 11 is 0. The largest absolute Gasteiger partial charge is 0.493 e. The highest BCUT2D eigenvalue weighted by atomic mass is 19.1. The van der Waals surface area contributed by atoms with E-state index in [0.717, 1.165) is 0 Å². The predicted molar refractivity (Wildman–Crippen MR) is 98.8 cm³/mol. The molecule has 0 unspecified atom stereocenters. The average molecular weight is 358 g/mol. The third-order valence-corrected chi connectivity index (χ3v) is 3.48. The van der Waals surface area contributed by atoms with Gasteiger partial charge in [-0.15, -0.1) is 0 Å². The molecule has 2 rings (SSSR count). The Hall–Kier alpha value is -2.89. The van der Waals surface area contributed by atoms with Gasteiger partial charge < -0.3 is 15.4 Å². The SMILES string of the molecule is CC(C)NC(=O)c1ccccc1NC(=O)CCCOc1cccc(F)c1. The number of benzene rings is 2. The minimum absolute atomic E-state index is 0.00577. The molecule has 0 heterocycles. The Balaban J connectivity index is 1.83. The van der Waals surface area contributed by atoms with E-state index in [1.54, 1.807) is 36.4 Å². The van der Waals surface area contributed by atoms with E-state index in [0.29, 0.717) is 30.0 Å². The van der Waals surface area contributed by atoms with Gasteiger partial charge in [0.05, 0.1) is 17.9 Å². The highest BCUT2D eigenvalue weighted by molar-refractivity contribution is 6.03. The van der Waals surface area contributed by atoms with E-state index in [-0.39, 0.29) is 30.1 Å². The molecule has 2 aromatic rings. The Kier molecular flexibility index (Phi) is 7.14. The van der Waals surface area contributed by atoms with Gasteiger partial charge in [0.15, 0.2) is 0 Å². The van der Waals surface area contributed by atoms with Crippen LogP contribution >= 0.6 is 0 Å². The van der Waals surface area contributed by atoms with Crippen LogP contribution in [0.2, 0.25) is 0 Å². The number of hydrogen-bond donors (Lipinski definition) is 2. The molecule has 0 bridgehead atoms. The second kappa shape index (κ2) is 9.56. The van der Waals surface area contributed by atoms with Crippen molar-refractivity contribution in [1.82, 2.24) is 5.32 Å². The highest BCUT2D eigenvalue weighted by Gasteiger charge is 2.13. The zero-order chi connectivity index (χ0) is 18.9. The van der Waals surface area contributed by atoms with Crippen molar-refractivity contribution in [2.45, 2.75) is 32.7 Å². The highest BCUT2D eigenvalue weighted by Crippen LogP contribution is 2.16. The van der Waals surface area contributed by atoms with Crippen LogP contribution in [-0.4, -0.2) is 24.5 Å². The number of hydrogen-bond acceptors (Lipinski definition) is 3. The third-order valence-electron chi connectivity index (χ3n) is 3.48. The van der Waals surface area contributed by atoms with Crippen LogP contribution in [0.4, 0.5) is 10.1 Å².